The molecule has 2 aromatic carbocycles. The smallest absolute Gasteiger partial charge is 0.321 e. The van der Waals surface area contributed by atoms with Gasteiger partial charge in [0.05, 0.1) is 16.8 Å². The van der Waals surface area contributed by atoms with E-state index < -0.39 is 0 Å². The molecule has 0 bridgehead atoms. The van der Waals surface area contributed by atoms with Crippen molar-refractivity contribution in [2.45, 2.75) is 26.9 Å². The topological polar surface area (TPSA) is 50.2 Å². The summed E-state index contributed by atoms with van der Waals surface area (Å²) in [7, 11) is 1.79. The maximum Gasteiger partial charge on any atom is 0.321 e. The molecule has 0 aliphatic carbocycles. The summed E-state index contributed by atoms with van der Waals surface area (Å²) in [6, 6.07) is 16.0. The Bertz CT molecular complexity index is 1090. The lowest BCUT2D eigenvalue weighted by atomic mass is 10.2. The lowest BCUT2D eigenvalue weighted by molar-refractivity contribution is 0.220. The number of anilines is 1. The third kappa shape index (κ3) is 3.87. The molecule has 0 unspecified atom stereocenters. The molecule has 28 heavy (non-hydrogen) atoms. The van der Waals surface area contributed by atoms with E-state index in [2.05, 4.69) is 53.1 Å². The van der Waals surface area contributed by atoms with Gasteiger partial charge in [-0.15, -0.1) is 11.3 Å². The molecule has 0 fully saturated rings. The summed E-state index contributed by atoms with van der Waals surface area (Å²) in [5.74, 6) is 0.589. The number of hydrogen-bond donors (Lipinski definition) is 1. The van der Waals surface area contributed by atoms with Gasteiger partial charge in [0, 0.05) is 36.4 Å². The lowest BCUT2D eigenvalue weighted by Gasteiger charge is -2.17. The first-order valence-corrected chi connectivity index (χ1v) is 10.3. The number of aromatic nitrogens is 2. The van der Waals surface area contributed by atoms with Crippen LogP contribution in [0.15, 0.2) is 54.7 Å². The summed E-state index contributed by atoms with van der Waals surface area (Å²) in [6.07, 6.45) is 2.11. The van der Waals surface area contributed by atoms with Crippen LogP contribution in [-0.4, -0.2) is 27.5 Å². The predicted molar refractivity (Wildman–Crippen MR) is 117 cm³/mol. The number of thiazole rings is 1. The van der Waals surface area contributed by atoms with E-state index in [0.29, 0.717) is 12.5 Å². The molecule has 2 amide bonds. The summed E-state index contributed by atoms with van der Waals surface area (Å²) >= 11 is 1.62. The van der Waals surface area contributed by atoms with Crippen molar-refractivity contribution in [3.8, 4) is 0 Å². The van der Waals surface area contributed by atoms with Crippen LogP contribution in [0, 0.1) is 5.92 Å². The van der Waals surface area contributed by atoms with Crippen LogP contribution >= 0.6 is 11.3 Å². The zero-order valence-electron chi connectivity index (χ0n) is 16.3. The molecule has 4 aromatic rings. The first-order valence-electron chi connectivity index (χ1n) is 9.45. The number of urea groups is 1. The van der Waals surface area contributed by atoms with Gasteiger partial charge in [-0.3, -0.25) is 0 Å². The van der Waals surface area contributed by atoms with E-state index >= 15 is 0 Å². The van der Waals surface area contributed by atoms with Gasteiger partial charge >= 0.3 is 6.03 Å². The summed E-state index contributed by atoms with van der Waals surface area (Å²) in [5, 5.41) is 5.05. The number of fused-ring (bicyclic) bond motifs is 2. The Morgan fingerprint density at radius 1 is 1.21 bits per heavy atom. The highest BCUT2D eigenvalue weighted by Crippen LogP contribution is 2.24. The van der Waals surface area contributed by atoms with Gasteiger partial charge in [-0.25, -0.2) is 9.78 Å². The quantitative estimate of drug-likeness (QED) is 0.483. The Morgan fingerprint density at radius 2 is 2.04 bits per heavy atom. The minimum absolute atomic E-state index is 0.139. The van der Waals surface area contributed by atoms with Gasteiger partial charge in [0.25, 0.3) is 0 Å². The molecule has 2 heterocycles. The number of para-hydroxylation sites is 1. The number of benzene rings is 2. The number of hydrogen-bond acceptors (Lipinski definition) is 3. The van der Waals surface area contributed by atoms with Crippen LogP contribution in [0.3, 0.4) is 0 Å². The molecular formula is C22H24N4OS. The molecule has 0 atom stereocenters. The van der Waals surface area contributed by atoms with Gasteiger partial charge in [0.15, 0.2) is 0 Å². The highest BCUT2D eigenvalue weighted by Gasteiger charge is 2.13. The van der Waals surface area contributed by atoms with E-state index in [-0.39, 0.29) is 6.03 Å². The molecule has 0 saturated heterocycles. The van der Waals surface area contributed by atoms with Crippen molar-refractivity contribution in [2.75, 3.05) is 12.4 Å². The van der Waals surface area contributed by atoms with Crippen molar-refractivity contribution < 1.29 is 4.79 Å². The molecular weight excluding hydrogens is 368 g/mol. The van der Waals surface area contributed by atoms with Gasteiger partial charge < -0.3 is 14.8 Å². The van der Waals surface area contributed by atoms with Crippen molar-refractivity contribution >= 4 is 44.2 Å². The average molecular weight is 393 g/mol. The molecule has 6 heteroatoms. The summed E-state index contributed by atoms with van der Waals surface area (Å²) in [5.41, 5.74) is 2.97. The number of nitrogens with one attached hydrogen (secondary N) is 1. The first kappa shape index (κ1) is 18.5. The maximum absolute atomic E-state index is 12.6. The van der Waals surface area contributed by atoms with Crippen LogP contribution < -0.4 is 5.32 Å². The molecule has 0 radical (unpaired) electrons. The maximum atomic E-state index is 12.6. The molecule has 4 rings (SSSR count). The molecule has 0 aliphatic heterocycles. The highest BCUT2D eigenvalue weighted by atomic mass is 32.1. The monoisotopic (exact) mass is 392 g/mol. The van der Waals surface area contributed by atoms with Gasteiger partial charge in [-0.1, -0.05) is 26.0 Å². The van der Waals surface area contributed by atoms with E-state index in [0.717, 1.165) is 32.8 Å². The van der Waals surface area contributed by atoms with E-state index in [1.807, 2.05) is 30.3 Å². The SMILES string of the molecule is CC(C)Cn1ccc2cc(NC(=O)N(C)Cc3nc4ccccc4s3)ccc21. The van der Waals surface area contributed by atoms with Crippen molar-refractivity contribution in [1.29, 1.82) is 0 Å². The van der Waals surface area contributed by atoms with Crippen LogP contribution in [-0.2, 0) is 13.1 Å². The largest absolute Gasteiger partial charge is 0.347 e. The molecule has 5 nitrogen and oxygen atoms in total. The Labute approximate surface area is 168 Å². The van der Waals surface area contributed by atoms with Crippen molar-refractivity contribution in [3.05, 3.63) is 59.7 Å². The Balaban J connectivity index is 1.44. The number of nitrogens with zero attached hydrogens (tertiary/aromatic N) is 3. The van der Waals surface area contributed by atoms with Gasteiger partial charge in [0.1, 0.15) is 5.01 Å². The van der Waals surface area contributed by atoms with E-state index in [1.165, 1.54) is 5.52 Å². The fourth-order valence-corrected chi connectivity index (χ4v) is 4.33. The number of carbonyl (C=O) groups excluding carboxylic acids is 1. The summed E-state index contributed by atoms with van der Waals surface area (Å²) in [4.78, 5) is 18.9. The first-order chi connectivity index (χ1) is 13.5. The predicted octanol–water partition coefficient (Wildman–Crippen LogP) is 5.57. The normalized spacial score (nSPS) is 11.4. The van der Waals surface area contributed by atoms with Gasteiger partial charge in [0.2, 0.25) is 0 Å². The second kappa shape index (κ2) is 7.64. The molecule has 1 N–H and O–H groups in total. The van der Waals surface area contributed by atoms with Crippen molar-refractivity contribution in [1.82, 2.24) is 14.5 Å². The standard InChI is InChI=1S/C22H24N4OS/c1-15(2)13-26-11-10-16-12-17(8-9-19(16)26)23-22(27)25(3)14-21-24-18-6-4-5-7-20(18)28-21/h4-12,15H,13-14H2,1-3H3,(H,23,27). The van der Waals surface area contributed by atoms with Crippen molar-refractivity contribution in [2.24, 2.45) is 5.92 Å². The van der Waals surface area contributed by atoms with Crippen LogP contribution in [0.25, 0.3) is 21.1 Å². The van der Waals surface area contributed by atoms with Crippen LogP contribution in [0.1, 0.15) is 18.9 Å². The van der Waals surface area contributed by atoms with Crippen molar-refractivity contribution in [3.63, 3.8) is 0 Å². The molecule has 0 aliphatic rings. The molecule has 144 valence electrons. The number of rotatable bonds is 5. The second-order valence-corrected chi connectivity index (χ2v) is 8.61. The van der Waals surface area contributed by atoms with Gasteiger partial charge in [-0.2, -0.15) is 0 Å². The third-order valence-corrected chi connectivity index (χ3v) is 5.66. The fraction of sp³-hybridized carbons (Fsp3) is 0.273. The van der Waals surface area contributed by atoms with Crippen LogP contribution in [0.5, 0.6) is 0 Å². The minimum Gasteiger partial charge on any atom is -0.347 e. The Hall–Kier alpha value is -2.86. The van der Waals surface area contributed by atoms with E-state index in [9.17, 15) is 4.79 Å². The Morgan fingerprint density at radius 3 is 2.82 bits per heavy atom. The summed E-state index contributed by atoms with van der Waals surface area (Å²) in [6.45, 7) is 5.89. The minimum atomic E-state index is -0.139. The third-order valence-electron chi connectivity index (χ3n) is 4.64. The lowest BCUT2D eigenvalue weighted by Crippen LogP contribution is -2.30. The van der Waals surface area contributed by atoms with Crippen LogP contribution in [0.4, 0.5) is 10.5 Å². The molecule has 0 spiro atoms. The highest BCUT2D eigenvalue weighted by molar-refractivity contribution is 7.18. The van der Waals surface area contributed by atoms with Crippen LogP contribution in [0.2, 0.25) is 0 Å². The zero-order valence-corrected chi connectivity index (χ0v) is 17.2. The Kier molecular flexibility index (Phi) is 5.05. The molecule has 0 saturated carbocycles. The zero-order chi connectivity index (χ0) is 19.7. The second-order valence-electron chi connectivity index (χ2n) is 7.50. The van der Waals surface area contributed by atoms with E-state index in [1.54, 1.807) is 23.3 Å². The number of carbonyl (C=O) groups is 1. The fourth-order valence-electron chi connectivity index (χ4n) is 3.31. The molecule has 2 aromatic heterocycles. The van der Waals surface area contributed by atoms with E-state index in [4.69, 9.17) is 0 Å². The average Bonchev–Trinajstić information content (AvgIpc) is 3.24. The summed E-state index contributed by atoms with van der Waals surface area (Å²) < 4.78 is 3.40. The number of amides is 2. The van der Waals surface area contributed by atoms with Gasteiger partial charge in [-0.05, 0) is 42.3 Å².